The second-order valence-electron chi connectivity index (χ2n) is 5.02. The molecule has 1 unspecified atom stereocenters. The van der Waals surface area contributed by atoms with Crippen LogP contribution in [-0.4, -0.2) is 26.7 Å². The minimum Gasteiger partial charge on any atom is -0.497 e. The summed E-state index contributed by atoms with van der Waals surface area (Å²) in [5, 5.41) is 5.19. The highest BCUT2D eigenvalue weighted by atomic mass is 16.5. The van der Waals surface area contributed by atoms with Gasteiger partial charge in [-0.2, -0.15) is 0 Å². The Balaban J connectivity index is 2.47. The largest absolute Gasteiger partial charge is 0.497 e. The predicted octanol–water partition coefficient (Wildman–Crippen LogP) is 2.85. The summed E-state index contributed by atoms with van der Waals surface area (Å²) in [7, 11) is 3.41. The van der Waals surface area contributed by atoms with E-state index in [1.165, 1.54) is 0 Å². The zero-order valence-corrected chi connectivity index (χ0v) is 12.9. The molecule has 0 saturated carbocycles. The highest BCUT2D eigenvalue weighted by molar-refractivity contribution is 5.88. The molecule has 0 aromatic heterocycles. The van der Waals surface area contributed by atoms with Crippen LogP contribution in [0.25, 0.3) is 10.8 Å². The number of hydrogen-bond acceptors (Lipinski definition) is 4. The summed E-state index contributed by atoms with van der Waals surface area (Å²) < 4.78 is 10.4. The van der Waals surface area contributed by atoms with Crippen LogP contribution in [0.5, 0.6) is 5.75 Å². The molecule has 0 aliphatic carbocycles. The molecule has 4 heteroatoms. The summed E-state index contributed by atoms with van der Waals surface area (Å²) in [6, 6.07) is 11.8. The number of likely N-dealkylation sites (N-methyl/N-ethyl adjacent to an activating group) is 1. The molecular formula is C17H21NO3. The first-order chi connectivity index (χ1) is 10.0. The third-order valence-electron chi connectivity index (χ3n) is 3.81. The molecule has 1 N–H and O–H groups in total. The highest BCUT2D eigenvalue weighted by Crippen LogP contribution is 2.28. The summed E-state index contributed by atoms with van der Waals surface area (Å²) in [6.07, 6.45) is 0. The van der Waals surface area contributed by atoms with Crippen molar-refractivity contribution in [3.05, 3.63) is 42.0 Å². The van der Waals surface area contributed by atoms with Crippen molar-refractivity contribution in [3.8, 4) is 5.75 Å². The van der Waals surface area contributed by atoms with Gasteiger partial charge in [0, 0.05) is 0 Å². The maximum absolute atomic E-state index is 12.2. The molecular weight excluding hydrogens is 266 g/mol. The van der Waals surface area contributed by atoms with Gasteiger partial charge in [0.1, 0.15) is 11.3 Å². The van der Waals surface area contributed by atoms with Gasteiger partial charge in [-0.05, 0) is 55.4 Å². The van der Waals surface area contributed by atoms with Crippen LogP contribution in [0.3, 0.4) is 0 Å². The maximum Gasteiger partial charge on any atom is 0.330 e. The van der Waals surface area contributed by atoms with Crippen LogP contribution in [0, 0.1) is 0 Å². The second-order valence-corrected chi connectivity index (χ2v) is 5.02. The Hall–Kier alpha value is -2.07. The Morgan fingerprint density at radius 3 is 2.48 bits per heavy atom. The number of hydrogen-bond donors (Lipinski definition) is 1. The van der Waals surface area contributed by atoms with Crippen LogP contribution in [0.4, 0.5) is 0 Å². The van der Waals surface area contributed by atoms with Gasteiger partial charge in [0.2, 0.25) is 0 Å². The van der Waals surface area contributed by atoms with E-state index in [-0.39, 0.29) is 5.97 Å². The van der Waals surface area contributed by atoms with Crippen molar-refractivity contribution < 1.29 is 14.3 Å². The molecule has 0 bridgehead atoms. The standard InChI is InChI=1S/C17H21NO3/c1-5-21-16(19)17(2,18-3)14-8-6-13-11-15(20-4)9-7-12(13)10-14/h6-11,18H,5H2,1-4H3. The Morgan fingerprint density at radius 1 is 1.19 bits per heavy atom. The van der Waals surface area contributed by atoms with Crippen molar-refractivity contribution in [2.75, 3.05) is 20.8 Å². The van der Waals surface area contributed by atoms with E-state index in [4.69, 9.17) is 9.47 Å². The van der Waals surface area contributed by atoms with Gasteiger partial charge in [0.25, 0.3) is 0 Å². The van der Waals surface area contributed by atoms with Gasteiger partial charge in [-0.15, -0.1) is 0 Å². The number of carbonyl (C=O) groups excluding carboxylic acids is 1. The summed E-state index contributed by atoms with van der Waals surface area (Å²) >= 11 is 0. The third-order valence-corrected chi connectivity index (χ3v) is 3.81. The average molecular weight is 287 g/mol. The zero-order valence-electron chi connectivity index (χ0n) is 12.9. The van der Waals surface area contributed by atoms with Crippen molar-refractivity contribution in [1.82, 2.24) is 5.32 Å². The van der Waals surface area contributed by atoms with Gasteiger partial charge in [-0.3, -0.25) is 0 Å². The van der Waals surface area contributed by atoms with Crippen molar-refractivity contribution >= 4 is 16.7 Å². The molecule has 2 aromatic carbocycles. The first-order valence-corrected chi connectivity index (χ1v) is 6.99. The smallest absolute Gasteiger partial charge is 0.330 e. The summed E-state index contributed by atoms with van der Waals surface area (Å²) in [4.78, 5) is 12.2. The average Bonchev–Trinajstić information content (AvgIpc) is 2.53. The van der Waals surface area contributed by atoms with Crippen molar-refractivity contribution in [3.63, 3.8) is 0 Å². The Labute approximate surface area is 125 Å². The quantitative estimate of drug-likeness (QED) is 0.859. The van der Waals surface area contributed by atoms with Crippen LogP contribution < -0.4 is 10.1 Å². The van der Waals surface area contributed by atoms with E-state index in [1.807, 2.05) is 43.3 Å². The lowest BCUT2D eigenvalue weighted by molar-refractivity contribution is -0.150. The molecule has 0 radical (unpaired) electrons. The van der Waals surface area contributed by atoms with Crippen LogP contribution >= 0.6 is 0 Å². The van der Waals surface area contributed by atoms with Crippen LogP contribution in [0.1, 0.15) is 19.4 Å². The van der Waals surface area contributed by atoms with E-state index in [0.717, 1.165) is 22.1 Å². The monoisotopic (exact) mass is 287 g/mol. The Morgan fingerprint density at radius 2 is 1.86 bits per heavy atom. The first kappa shape index (κ1) is 15.3. The van der Waals surface area contributed by atoms with Crippen molar-refractivity contribution in [1.29, 1.82) is 0 Å². The lowest BCUT2D eigenvalue weighted by atomic mass is 9.90. The van der Waals surface area contributed by atoms with Gasteiger partial charge in [0.05, 0.1) is 13.7 Å². The van der Waals surface area contributed by atoms with Crippen LogP contribution in [0.15, 0.2) is 36.4 Å². The molecule has 0 spiro atoms. The minimum atomic E-state index is -0.857. The molecule has 112 valence electrons. The number of ether oxygens (including phenoxy) is 2. The van der Waals surface area contributed by atoms with E-state index in [2.05, 4.69) is 5.32 Å². The lowest BCUT2D eigenvalue weighted by Gasteiger charge is -2.27. The highest BCUT2D eigenvalue weighted by Gasteiger charge is 2.35. The molecule has 0 heterocycles. The zero-order chi connectivity index (χ0) is 15.5. The summed E-state index contributed by atoms with van der Waals surface area (Å²) in [5.41, 5.74) is 0.0190. The number of fused-ring (bicyclic) bond motifs is 1. The third kappa shape index (κ3) is 2.85. The fraction of sp³-hybridized carbons (Fsp3) is 0.353. The normalized spacial score (nSPS) is 13.7. The fourth-order valence-corrected chi connectivity index (χ4v) is 2.30. The summed E-state index contributed by atoms with van der Waals surface area (Å²) in [6.45, 7) is 4.00. The number of rotatable bonds is 5. The fourth-order valence-electron chi connectivity index (χ4n) is 2.30. The van der Waals surface area contributed by atoms with Crippen LogP contribution in [-0.2, 0) is 15.1 Å². The Bertz CT molecular complexity index is 654. The number of nitrogens with one attached hydrogen (secondary N) is 1. The Kier molecular flexibility index (Phi) is 4.48. The molecule has 0 saturated heterocycles. The minimum absolute atomic E-state index is 0.277. The molecule has 2 aromatic rings. The number of esters is 1. The van der Waals surface area contributed by atoms with E-state index < -0.39 is 5.54 Å². The number of methoxy groups -OCH3 is 1. The molecule has 0 amide bonds. The maximum atomic E-state index is 12.2. The van der Waals surface area contributed by atoms with Gasteiger partial charge >= 0.3 is 5.97 Å². The van der Waals surface area contributed by atoms with Gasteiger partial charge in [-0.25, -0.2) is 4.79 Å². The van der Waals surface area contributed by atoms with E-state index >= 15 is 0 Å². The van der Waals surface area contributed by atoms with Gasteiger partial charge < -0.3 is 14.8 Å². The van der Waals surface area contributed by atoms with Crippen LogP contribution in [0.2, 0.25) is 0 Å². The van der Waals surface area contributed by atoms with Gasteiger partial charge in [-0.1, -0.05) is 18.2 Å². The lowest BCUT2D eigenvalue weighted by Crippen LogP contribution is -2.45. The predicted molar refractivity (Wildman–Crippen MR) is 83.5 cm³/mol. The van der Waals surface area contributed by atoms with E-state index in [1.54, 1.807) is 21.1 Å². The van der Waals surface area contributed by atoms with E-state index in [9.17, 15) is 4.79 Å². The molecule has 0 aliphatic rings. The summed E-state index contributed by atoms with van der Waals surface area (Å²) in [5.74, 6) is 0.539. The number of carbonyl (C=O) groups is 1. The topological polar surface area (TPSA) is 47.6 Å². The molecule has 4 nitrogen and oxygen atoms in total. The molecule has 0 aliphatic heterocycles. The van der Waals surface area contributed by atoms with Gasteiger partial charge in [0.15, 0.2) is 0 Å². The second kappa shape index (κ2) is 6.14. The first-order valence-electron chi connectivity index (χ1n) is 6.99. The van der Waals surface area contributed by atoms with E-state index in [0.29, 0.717) is 6.61 Å². The number of benzene rings is 2. The SMILES string of the molecule is CCOC(=O)C(C)(NC)c1ccc2cc(OC)ccc2c1. The molecule has 0 fully saturated rings. The molecule has 2 rings (SSSR count). The van der Waals surface area contributed by atoms with Crippen molar-refractivity contribution in [2.24, 2.45) is 0 Å². The molecule has 1 atom stereocenters. The van der Waals surface area contributed by atoms with Crippen molar-refractivity contribution in [2.45, 2.75) is 19.4 Å². The molecule has 21 heavy (non-hydrogen) atoms.